The van der Waals surface area contributed by atoms with Gasteiger partial charge in [-0.15, -0.1) is 0 Å². The lowest BCUT2D eigenvalue weighted by Gasteiger charge is -2.12. The number of halogens is 3. The van der Waals surface area contributed by atoms with E-state index >= 15 is 0 Å². The average molecular weight is 460 g/mol. The third kappa shape index (κ3) is 5.97. The minimum absolute atomic E-state index is 0.174. The molecule has 0 spiro atoms. The van der Waals surface area contributed by atoms with Crippen molar-refractivity contribution in [2.75, 3.05) is 12.4 Å². The Morgan fingerprint density at radius 2 is 1.91 bits per heavy atom. The number of hydrogen-bond acceptors (Lipinski definition) is 5. The average Bonchev–Trinajstić information content (AvgIpc) is 2.76. The van der Waals surface area contributed by atoms with E-state index in [9.17, 15) is 27.6 Å². The maximum Gasteiger partial charge on any atom is 0.417 e. The van der Waals surface area contributed by atoms with Crippen molar-refractivity contribution < 1.29 is 27.5 Å². The SMILES string of the molecule is CNC(=O)c1cc(Oc2ccc(CC(=O)Nc3cc(C(F)(F)F)c[nH]c3=O)cc2C)ccn1. The molecule has 2 heterocycles. The van der Waals surface area contributed by atoms with Crippen LogP contribution in [0.2, 0.25) is 0 Å². The van der Waals surface area contributed by atoms with E-state index in [4.69, 9.17) is 4.74 Å². The van der Waals surface area contributed by atoms with Crippen molar-refractivity contribution in [3.63, 3.8) is 0 Å². The number of nitrogens with one attached hydrogen (secondary N) is 3. The molecule has 33 heavy (non-hydrogen) atoms. The summed E-state index contributed by atoms with van der Waals surface area (Å²) < 4.78 is 44.3. The van der Waals surface area contributed by atoms with Crippen LogP contribution in [0.15, 0.2) is 53.6 Å². The number of aromatic nitrogens is 2. The van der Waals surface area contributed by atoms with E-state index in [0.717, 1.165) is 0 Å². The van der Waals surface area contributed by atoms with Crippen LogP contribution in [0.25, 0.3) is 0 Å². The van der Waals surface area contributed by atoms with Gasteiger partial charge in [-0.2, -0.15) is 13.2 Å². The number of carbonyl (C=O) groups is 2. The maximum absolute atomic E-state index is 12.8. The van der Waals surface area contributed by atoms with Crippen molar-refractivity contribution in [1.82, 2.24) is 15.3 Å². The number of carbonyl (C=O) groups excluding carboxylic acids is 2. The third-order valence-electron chi connectivity index (χ3n) is 4.53. The minimum atomic E-state index is -4.66. The fourth-order valence-corrected chi connectivity index (χ4v) is 2.91. The number of H-pyrrole nitrogens is 1. The highest BCUT2D eigenvalue weighted by Crippen LogP contribution is 2.29. The molecule has 172 valence electrons. The summed E-state index contributed by atoms with van der Waals surface area (Å²) in [6, 6.07) is 8.55. The summed E-state index contributed by atoms with van der Waals surface area (Å²) in [5.41, 5.74) is -0.992. The highest BCUT2D eigenvalue weighted by atomic mass is 19.4. The van der Waals surface area contributed by atoms with Gasteiger partial charge in [0.15, 0.2) is 0 Å². The van der Waals surface area contributed by atoms with Crippen LogP contribution in [0.5, 0.6) is 11.5 Å². The number of hydrogen-bond donors (Lipinski definition) is 3. The van der Waals surface area contributed by atoms with Crippen LogP contribution in [-0.2, 0) is 17.4 Å². The van der Waals surface area contributed by atoms with Gasteiger partial charge in [0.1, 0.15) is 22.9 Å². The van der Waals surface area contributed by atoms with Gasteiger partial charge < -0.3 is 20.4 Å². The monoisotopic (exact) mass is 460 g/mol. The number of pyridine rings is 2. The summed E-state index contributed by atoms with van der Waals surface area (Å²) in [5.74, 6) is -0.154. The predicted octanol–water partition coefficient (Wildman–Crippen LogP) is 3.43. The molecule has 0 aliphatic carbocycles. The molecule has 0 aliphatic heterocycles. The molecule has 1 aromatic carbocycles. The van der Waals surface area contributed by atoms with Gasteiger partial charge in [0.05, 0.1) is 12.0 Å². The van der Waals surface area contributed by atoms with Crippen LogP contribution in [-0.4, -0.2) is 28.8 Å². The second-order valence-corrected chi connectivity index (χ2v) is 7.01. The summed E-state index contributed by atoms with van der Waals surface area (Å²) in [5, 5.41) is 4.68. The van der Waals surface area contributed by atoms with E-state index in [-0.39, 0.29) is 18.0 Å². The molecular formula is C22H19F3N4O4. The molecule has 0 aliphatic rings. The summed E-state index contributed by atoms with van der Waals surface area (Å²) >= 11 is 0. The van der Waals surface area contributed by atoms with Gasteiger partial charge >= 0.3 is 6.18 Å². The molecule has 8 nitrogen and oxygen atoms in total. The lowest BCUT2D eigenvalue weighted by molar-refractivity contribution is -0.137. The molecule has 0 atom stereocenters. The third-order valence-corrected chi connectivity index (χ3v) is 4.53. The van der Waals surface area contributed by atoms with Crippen molar-refractivity contribution in [2.45, 2.75) is 19.5 Å². The summed E-state index contributed by atoms with van der Waals surface area (Å²) in [4.78, 5) is 41.7. The van der Waals surface area contributed by atoms with E-state index < -0.39 is 28.9 Å². The van der Waals surface area contributed by atoms with Crippen molar-refractivity contribution in [3.8, 4) is 11.5 Å². The molecule has 0 unspecified atom stereocenters. The quantitative estimate of drug-likeness (QED) is 0.522. The topological polar surface area (TPSA) is 113 Å². The Hall–Kier alpha value is -4.15. The van der Waals surface area contributed by atoms with Crippen LogP contribution in [0.3, 0.4) is 0 Å². The number of nitrogens with zero attached hydrogens (tertiary/aromatic N) is 1. The first-order valence-electron chi connectivity index (χ1n) is 9.62. The van der Waals surface area contributed by atoms with E-state index in [1.165, 1.54) is 19.3 Å². The predicted molar refractivity (Wildman–Crippen MR) is 113 cm³/mol. The fraction of sp³-hybridized carbons (Fsp3) is 0.182. The Labute approximate surface area is 185 Å². The minimum Gasteiger partial charge on any atom is -0.457 e. The summed E-state index contributed by atoms with van der Waals surface area (Å²) in [6.45, 7) is 1.75. The van der Waals surface area contributed by atoms with E-state index in [1.54, 1.807) is 31.2 Å². The number of aryl methyl sites for hydroxylation is 1. The lowest BCUT2D eigenvalue weighted by Crippen LogP contribution is -2.22. The fourth-order valence-electron chi connectivity index (χ4n) is 2.91. The molecule has 3 aromatic rings. The van der Waals surface area contributed by atoms with Crippen LogP contribution in [0, 0.1) is 6.92 Å². The second-order valence-electron chi connectivity index (χ2n) is 7.01. The molecule has 0 radical (unpaired) electrons. The largest absolute Gasteiger partial charge is 0.457 e. The Morgan fingerprint density at radius 1 is 1.15 bits per heavy atom. The molecule has 3 N–H and O–H groups in total. The lowest BCUT2D eigenvalue weighted by atomic mass is 10.1. The zero-order valence-corrected chi connectivity index (χ0v) is 17.5. The number of alkyl halides is 3. The summed E-state index contributed by atoms with van der Waals surface area (Å²) in [6.07, 6.45) is -2.86. The molecule has 2 aromatic heterocycles. The second kappa shape index (κ2) is 9.55. The highest BCUT2D eigenvalue weighted by Gasteiger charge is 2.31. The van der Waals surface area contributed by atoms with E-state index in [2.05, 4.69) is 15.6 Å². The van der Waals surface area contributed by atoms with Crippen LogP contribution in [0.4, 0.5) is 18.9 Å². The van der Waals surface area contributed by atoms with Gasteiger partial charge in [0, 0.05) is 25.5 Å². The Bertz CT molecular complexity index is 1250. The standard InChI is InChI=1S/C22H19F3N4O4/c1-12-7-13(3-4-18(12)33-15-5-6-27-16(10-15)20(31)26-2)8-19(30)29-17-9-14(22(23,24)25)11-28-21(17)32/h3-7,9-11H,8H2,1-2H3,(H,26,31)(H,28,32)(H,29,30). The Kier molecular flexibility index (Phi) is 6.80. The first kappa shape index (κ1) is 23.5. The molecule has 3 rings (SSSR count). The number of amides is 2. The van der Waals surface area contributed by atoms with Crippen molar-refractivity contribution >= 4 is 17.5 Å². The van der Waals surface area contributed by atoms with Crippen molar-refractivity contribution in [3.05, 3.63) is 81.5 Å². The van der Waals surface area contributed by atoms with Gasteiger partial charge in [-0.3, -0.25) is 19.4 Å². The van der Waals surface area contributed by atoms with E-state index in [0.29, 0.717) is 34.9 Å². The first-order valence-corrected chi connectivity index (χ1v) is 9.62. The van der Waals surface area contributed by atoms with Gasteiger partial charge in [-0.05, 0) is 36.2 Å². The zero-order valence-electron chi connectivity index (χ0n) is 17.5. The smallest absolute Gasteiger partial charge is 0.417 e. The van der Waals surface area contributed by atoms with Crippen molar-refractivity contribution in [2.24, 2.45) is 0 Å². The molecular weight excluding hydrogens is 441 g/mol. The number of ether oxygens (including phenoxy) is 1. The zero-order chi connectivity index (χ0) is 24.2. The first-order chi connectivity index (χ1) is 15.6. The number of benzene rings is 1. The van der Waals surface area contributed by atoms with Crippen LogP contribution >= 0.6 is 0 Å². The number of aromatic amines is 1. The van der Waals surface area contributed by atoms with Crippen molar-refractivity contribution in [1.29, 1.82) is 0 Å². The number of anilines is 1. The molecule has 11 heteroatoms. The number of rotatable bonds is 6. The molecule has 0 fully saturated rings. The van der Waals surface area contributed by atoms with Crippen LogP contribution < -0.4 is 20.9 Å². The Morgan fingerprint density at radius 3 is 2.58 bits per heavy atom. The highest BCUT2D eigenvalue weighted by molar-refractivity contribution is 5.92. The van der Waals surface area contributed by atoms with Gasteiger partial charge in [0.25, 0.3) is 11.5 Å². The molecule has 0 saturated heterocycles. The molecule has 2 amide bonds. The Balaban J connectivity index is 1.70. The van der Waals surface area contributed by atoms with Gasteiger partial charge in [0.2, 0.25) is 5.91 Å². The van der Waals surface area contributed by atoms with E-state index in [1.807, 2.05) is 4.98 Å². The molecule has 0 bridgehead atoms. The van der Waals surface area contributed by atoms with Gasteiger partial charge in [-0.1, -0.05) is 12.1 Å². The van der Waals surface area contributed by atoms with Gasteiger partial charge in [-0.25, -0.2) is 0 Å². The summed E-state index contributed by atoms with van der Waals surface area (Å²) in [7, 11) is 1.49. The maximum atomic E-state index is 12.8. The van der Waals surface area contributed by atoms with Crippen LogP contribution in [0.1, 0.15) is 27.2 Å². The molecule has 0 saturated carbocycles. The normalized spacial score (nSPS) is 11.1.